The summed E-state index contributed by atoms with van der Waals surface area (Å²) in [7, 11) is 3.13. The van der Waals surface area contributed by atoms with Crippen LogP contribution in [0, 0.1) is 0 Å². The number of hydrogen-bond acceptors (Lipinski definition) is 3. The Hall–Kier alpha value is -1.77. The number of benzene rings is 1. The number of allylic oxidation sites excluding steroid dienone is 1. The molecule has 0 amide bonds. The molecule has 1 rings (SSSR count). The smallest absolute Gasteiger partial charge is 0.163 e. The number of carbonyl (C=O) groups excluding carboxylic acids is 1. The molecular weight excluding hydrogens is 216 g/mol. The normalized spacial score (nSPS) is 9.82. The van der Waals surface area contributed by atoms with Crippen molar-refractivity contribution in [1.82, 2.24) is 0 Å². The summed E-state index contributed by atoms with van der Waals surface area (Å²) in [6.45, 7) is 5.70. The lowest BCUT2D eigenvalue weighted by atomic mass is 10.0. The van der Waals surface area contributed by atoms with E-state index >= 15 is 0 Å². The molecule has 3 heteroatoms. The molecule has 0 saturated carbocycles. The summed E-state index contributed by atoms with van der Waals surface area (Å²) in [5.41, 5.74) is 1.66. The minimum atomic E-state index is 0.0916. The number of carbonyl (C=O) groups is 1. The zero-order valence-corrected chi connectivity index (χ0v) is 10.6. The summed E-state index contributed by atoms with van der Waals surface area (Å²) < 4.78 is 10.3. The summed E-state index contributed by atoms with van der Waals surface area (Å²) >= 11 is 0. The van der Waals surface area contributed by atoms with E-state index < -0.39 is 0 Å². The molecule has 0 aromatic heterocycles. The standard InChI is InChI=1S/C14H18O3/c1-10(2)5-7-12(15)11-6-8-13(16-3)14(9-11)17-4/h6,8-9H,1,5,7H2,2-4H3. The molecule has 0 saturated heterocycles. The van der Waals surface area contributed by atoms with Gasteiger partial charge in [-0.2, -0.15) is 0 Å². The fraction of sp³-hybridized carbons (Fsp3) is 0.357. The zero-order chi connectivity index (χ0) is 12.8. The summed E-state index contributed by atoms with van der Waals surface area (Å²) in [5.74, 6) is 1.30. The van der Waals surface area contributed by atoms with Gasteiger partial charge in [0.15, 0.2) is 17.3 Å². The fourth-order valence-electron chi connectivity index (χ4n) is 1.48. The van der Waals surface area contributed by atoms with E-state index in [1.807, 2.05) is 6.92 Å². The Kier molecular flexibility index (Phi) is 4.76. The van der Waals surface area contributed by atoms with E-state index in [1.165, 1.54) is 0 Å². The molecule has 1 aromatic carbocycles. The molecule has 0 N–H and O–H groups in total. The first-order valence-corrected chi connectivity index (χ1v) is 5.48. The molecule has 92 valence electrons. The van der Waals surface area contributed by atoms with Crippen LogP contribution in [0.3, 0.4) is 0 Å². The Morgan fingerprint density at radius 2 is 1.82 bits per heavy atom. The molecule has 0 fully saturated rings. The van der Waals surface area contributed by atoms with Crippen LogP contribution in [0.4, 0.5) is 0 Å². The van der Waals surface area contributed by atoms with Crippen molar-refractivity contribution in [3.8, 4) is 11.5 Å². The van der Waals surface area contributed by atoms with Crippen LogP contribution in [-0.2, 0) is 0 Å². The molecule has 0 heterocycles. The van der Waals surface area contributed by atoms with Crippen molar-refractivity contribution in [2.75, 3.05) is 14.2 Å². The molecule has 17 heavy (non-hydrogen) atoms. The van der Waals surface area contributed by atoms with Gasteiger partial charge in [0.2, 0.25) is 0 Å². The molecule has 0 bridgehead atoms. The van der Waals surface area contributed by atoms with Crippen LogP contribution >= 0.6 is 0 Å². The van der Waals surface area contributed by atoms with E-state index in [-0.39, 0.29) is 5.78 Å². The maximum absolute atomic E-state index is 11.9. The lowest BCUT2D eigenvalue weighted by Crippen LogP contribution is -2.00. The van der Waals surface area contributed by atoms with Gasteiger partial charge in [0.25, 0.3) is 0 Å². The van der Waals surface area contributed by atoms with Crippen molar-refractivity contribution in [3.05, 3.63) is 35.9 Å². The molecule has 0 aliphatic heterocycles. The van der Waals surface area contributed by atoms with Gasteiger partial charge in [-0.15, -0.1) is 6.58 Å². The minimum absolute atomic E-state index is 0.0916. The van der Waals surface area contributed by atoms with E-state index in [9.17, 15) is 4.79 Å². The van der Waals surface area contributed by atoms with Crippen LogP contribution in [0.1, 0.15) is 30.1 Å². The van der Waals surface area contributed by atoms with Crippen molar-refractivity contribution in [1.29, 1.82) is 0 Å². The van der Waals surface area contributed by atoms with Gasteiger partial charge in [-0.05, 0) is 31.5 Å². The van der Waals surface area contributed by atoms with Gasteiger partial charge in [0.05, 0.1) is 14.2 Å². The Labute approximate surface area is 102 Å². The number of hydrogen-bond donors (Lipinski definition) is 0. The predicted octanol–water partition coefficient (Wildman–Crippen LogP) is 3.24. The van der Waals surface area contributed by atoms with Crippen molar-refractivity contribution in [2.45, 2.75) is 19.8 Å². The number of Topliss-reactive ketones (excluding diaryl/α,β-unsaturated/α-hetero) is 1. The van der Waals surface area contributed by atoms with Gasteiger partial charge < -0.3 is 9.47 Å². The first-order valence-electron chi connectivity index (χ1n) is 5.48. The van der Waals surface area contributed by atoms with Crippen LogP contribution in [0.2, 0.25) is 0 Å². The predicted molar refractivity (Wildman–Crippen MR) is 67.9 cm³/mol. The molecule has 0 aliphatic rings. The topological polar surface area (TPSA) is 35.5 Å². The van der Waals surface area contributed by atoms with Crippen LogP contribution < -0.4 is 9.47 Å². The van der Waals surface area contributed by atoms with Gasteiger partial charge in [-0.3, -0.25) is 4.79 Å². The van der Waals surface area contributed by atoms with Gasteiger partial charge in [-0.25, -0.2) is 0 Å². The summed E-state index contributed by atoms with van der Waals surface area (Å²) in [4.78, 5) is 11.9. The average molecular weight is 234 g/mol. The third kappa shape index (κ3) is 3.63. The van der Waals surface area contributed by atoms with E-state index in [1.54, 1.807) is 32.4 Å². The largest absolute Gasteiger partial charge is 0.493 e. The summed E-state index contributed by atoms with van der Waals surface area (Å²) in [5, 5.41) is 0. The number of ketones is 1. The molecule has 0 radical (unpaired) electrons. The maximum atomic E-state index is 11.9. The Morgan fingerprint density at radius 3 is 2.35 bits per heavy atom. The van der Waals surface area contributed by atoms with Gasteiger partial charge >= 0.3 is 0 Å². The van der Waals surface area contributed by atoms with E-state index in [4.69, 9.17) is 9.47 Å². The van der Waals surface area contributed by atoms with Gasteiger partial charge in [0.1, 0.15) is 0 Å². The second-order valence-corrected chi connectivity index (χ2v) is 3.95. The highest BCUT2D eigenvalue weighted by molar-refractivity contribution is 5.96. The minimum Gasteiger partial charge on any atom is -0.493 e. The molecule has 0 spiro atoms. The second-order valence-electron chi connectivity index (χ2n) is 3.95. The number of methoxy groups -OCH3 is 2. The van der Waals surface area contributed by atoms with E-state index in [0.717, 1.165) is 5.57 Å². The first kappa shape index (κ1) is 13.3. The highest BCUT2D eigenvalue weighted by Crippen LogP contribution is 2.28. The number of ether oxygens (including phenoxy) is 2. The average Bonchev–Trinajstić information content (AvgIpc) is 2.34. The van der Waals surface area contributed by atoms with Gasteiger partial charge in [-0.1, -0.05) is 5.57 Å². The first-order chi connectivity index (χ1) is 8.08. The number of rotatable bonds is 6. The third-order valence-corrected chi connectivity index (χ3v) is 2.48. The van der Waals surface area contributed by atoms with Crippen LogP contribution in [0.25, 0.3) is 0 Å². The van der Waals surface area contributed by atoms with Crippen molar-refractivity contribution in [2.24, 2.45) is 0 Å². The molecule has 0 unspecified atom stereocenters. The van der Waals surface area contributed by atoms with Crippen molar-refractivity contribution < 1.29 is 14.3 Å². The lowest BCUT2D eigenvalue weighted by molar-refractivity contribution is 0.0982. The molecule has 0 atom stereocenters. The SMILES string of the molecule is C=C(C)CCC(=O)c1ccc(OC)c(OC)c1. The molecule has 1 aromatic rings. The Balaban J connectivity index is 2.84. The highest BCUT2D eigenvalue weighted by atomic mass is 16.5. The maximum Gasteiger partial charge on any atom is 0.163 e. The van der Waals surface area contributed by atoms with Crippen molar-refractivity contribution >= 4 is 5.78 Å². The quantitative estimate of drug-likeness (QED) is 0.560. The van der Waals surface area contributed by atoms with E-state index in [0.29, 0.717) is 29.9 Å². The van der Waals surface area contributed by atoms with Crippen LogP contribution in [0.5, 0.6) is 11.5 Å². The lowest BCUT2D eigenvalue weighted by Gasteiger charge is -2.09. The zero-order valence-electron chi connectivity index (χ0n) is 10.6. The van der Waals surface area contributed by atoms with Crippen LogP contribution in [0.15, 0.2) is 30.4 Å². The summed E-state index contributed by atoms with van der Waals surface area (Å²) in [6.07, 6.45) is 1.19. The Morgan fingerprint density at radius 1 is 1.18 bits per heavy atom. The second kappa shape index (κ2) is 6.09. The van der Waals surface area contributed by atoms with E-state index in [2.05, 4.69) is 6.58 Å². The third-order valence-electron chi connectivity index (χ3n) is 2.48. The highest BCUT2D eigenvalue weighted by Gasteiger charge is 2.10. The molecule has 0 aliphatic carbocycles. The van der Waals surface area contributed by atoms with Gasteiger partial charge in [0, 0.05) is 12.0 Å². The molecule has 3 nitrogen and oxygen atoms in total. The van der Waals surface area contributed by atoms with Crippen LogP contribution in [-0.4, -0.2) is 20.0 Å². The Bertz CT molecular complexity index is 421. The molecular formula is C14H18O3. The monoisotopic (exact) mass is 234 g/mol. The fourth-order valence-corrected chi connectivity index (χ4v) is 1.48. The summed E-state index contributed by atoms with van der Waals surface area (Å²) in [6, 6.07) is 5.20. The van der Waals surface area contributed by atoms with Crippen molar-refractivity contribution in [3.63, 3.8) is 0 Å².